The summed E-state index contributed by atoms with van der Waals surface area (Å²) in [7, 11) is 0. The summed E-state index contributed by atoms with van der Waals surface area (Å²) < 4.78 is 39.7. The largest absolute Gasteiger partial charge is 0.325 e. The van der Waals surface area contributed by atoms with E-state index in [2.05, 4.69) is 10.6 Å². The van der Waals surface area contributed by atoms with E-state index in [-0.39, 0.29) is 11.4 Å². The molecule has 1 saturated carbocycles. The van der Waals surface area contributed by atoms with Gasteiger partial charge in [0.1, 0.15) is 11.2 Å². The van der Waals surface area contributed by atoms with Crippen LogP contribution in [0.5, 0.6) is 0 Å². The second-order valence-corrected chi connectivity index (χ2v) is 5.60. The molecule has 1 aliphatic rings. The van der Waals surface area contributed by atoms with Gasteiger partial charge in [0.25, 0.3) is 0 Å². The summed E-state index contributed by atoms with van der Waals surface area (Å²) in [5.41, 5.74) is -1.30. The smallest absolute Gasteiger partial charge is 0.240 e. The molecule has 0 saturated heterocycles. The van der Waals surface area contributed by atoms with Crippen molar-refractivity contribution in [1.29, 1.82) is 0 Å². The van der Waals surface area contributed by atoms with Crippen molar-refractivity contribution in [2.75, 3.05) is 10.6 Å². The average molecular weight is 334 g/mol. The highest BCUT2D eigenvalue weighted by Crippen LogP contribution is 2.47. The highest BCUT2D eigenvalue weighted by Gasteiger charge is 2.56. The summed E-state index contributed by atoms with van der Waals surface area (Å²) in [4.78, 5) is 24.7. The van der Waals surface area contributed by atoms with Crippen LogP contribution >= 0.6 is 0 Å². The lowest BCUT2D eigenvalue weighted by Gasteiger charge is -2.16. The van der Waals surface area contributed by atoms with Gasteiger partial charge < -0.3 is 10.6 Å². The highest BCUT2D eigenvalue weighted by molar-refractivity contribution is 6.16. The van der Waals surface area contributed by atoms with Crippen molar-refractivity contribution in [3.8, 4) is 0 Å². The van der Waals surface area contributed by atoms with Gasteiger partial charge in [0.2, 0.25) is 11.8 Å². The quantitative estimate of drug-likeness (QED) is 0.841. The normalized spacial score (nSPS) is 14.8. The second kappa shape index (κ2) is 5.99. The molecule has 7 heteroatoms. The molecule has 0 unspecified atom stereocenters. The van der Waals surface area contributed by atoms with Crippen LogP contribution in [0.25, 0.3) is 0 Å². The molecule has 0 heterocycles. The molecule has 3 rings (SSSR count). The minimum Gasteiger partial charge on any atom is -0.325 e. The lowest BCUT2D eigenvalue weighted by atomic mass is 10.0. The monoisotopic (exact) mass is 334 g/mol. The number of hydrogen-bond acceptors (Lipinski definition) is 2. The molecular formula is C17H13F3N2O2. The Hall–Kier alpha value is -2.83. The number of carbonyl (C=O) groups is 2. The maximum atomic E-state index is 13.6. The van der Waals surface area contributed by atoms with Gasteiger partial charge >= 0.3 is 0 Å². The zero-order chi connectivity index (χ0) is 17.3. The van der Waals surface area contributed by atoms with E-state index < -0.39 is 34.7 Å². The molecular weight excluding hydrogens is 321 g/mol. The predicted molar refractivity (Wildman–Crippen MR) is 81.7 cm³/mol. The Bertz CT molecular complexity index is 819. The zero-order valence-corrected chi connectivity index (χ0v) is 12.4. The maximum absolute atomic E-state index is 13.6. The first-order valence-electron chi connectivity index (χ1n) is 7.25. The van der Waals surface area contributed by atoms with E-state index >= 15 is 0 Å². The van der Waals surface area contributed by atoms with Crippen LogP contribution in [0.15, 0.2) is 42.5 Å². The van der Waals surface area contributed by atoms with Crippen molar-refractivity contribution >= 4 is 23.2 Å². The van der Waals surface area contributed by atoms with E-state index in [4.69, 9.17) is 0 Å². The molecule has 24 heavy (non-hydrogen) atoms. The number of carbonyl (C=O) groups excluding carboxylic acids is 2. The average Bonchev–Trinajstić information content (AvgIpc) is 3.35. The summed E-state index contributed by atoms with van der Waals surface area (Å²) in [6.45, 7) is 0. The minimum atomic E-state index is -1.33. The number of anilines is 2. The van der Waals surface area contributed by atoms with Crippen LogP contribution in [0.3, 0.4) is 0 Å². The molecule has 2 aromatic rings. The Morgan fingerprint density at radius 2 is 1.50 bits per heavy atom. The van der Waals surface area contributed by atoms with Gasteiger partial charge in [0, 0.05) is 11.8 Å². The van der Waals surface area contributed by atoms with Crippen LogP contribution in [0.1, 0.15) is 12.8 Å². The number of halogens is 3. The Labute approximate surface area is 135 Å². The van der Waals surface area contributed by atoms with Crippen molar-refractivity contribution in [3.63, 3.8) is 0 Å². The molecule has 4 nitrogen and oxygen atoms in total. The number of rotatable bonds is 4. The third kappa shape index (κ3) is 2.97. The van der Waals surface area contributed by atoms with E-state index in [9.17, 15) is 22.8 Å². The molecule has 2 amide bonds. The first kappa shape index (κ1) is 16.0. The predicted octanol–water partition coefficient (Wildman–Crippen LogP) is 3.46. The van der Waals surface area contributed by atoms with Gasteiger partial charge in [-0.25, -0.2) is 13.2 Å². The molecule has 0 spiro atoms. The van der Waals surface area contributed by atoms with Gasteiger partial charge in [-0.2, -0.15) is 0 Å². The molecule has 0 bridgehead atoms. The lowest BCUT2D eigenvalue weighted by Crippen LogP contribution is -2.35. The second-order valence-electron chi connectivity index (χ2n) is 5.60. The maximum Gasteiger partial charge on any atom is 0.240 e. The number of nitrogens with one attached hydrogen (secondary N) is 2. The molecule has 0 aliphatic heterocycles. The fourth-order valence-corrected chi connectivity index (χ4v) is 2.31. The van der Waals surface area contributed by atoms with Gasteiger partial charge in [-0.15, -0.1) is 0 Å². The van der Waals surface area contributed by atoms with Crippen LogP contribution < -0.4 is 10.6 Å². The van der Waals surface area contributed by atoms with Crippen LogP contribution in [0, 0.1) is 22.9 Å². The fourth-order valence-electron chi connectivity index (χ4n) is 2.31. The summed E-state index contributed by atoms with van der Waals surface area (Å²) in [6.07, 6.45) is 0.589. The number of para-hydroxylation sites is 1. The third-order valence-corrected chi connectivity index (χ3v) is 3.92. The Morgan fingerprint density at radius 3 is 2.12 bits per heavy atom. The van der Waals surface area contributed by atoms with Crippen molar-refractivity contribution in [2.45, 2.75) is 12.8 Å². The van der Waals surface area contributed by atoms with Crippen molar-refractivity contribution in [3.05, 3.63) is 59.9 Å². The number of amides is 2. The van der Waals surface area contributed by atoms with Gasteiger partial charge in [-0.05, 0) is 37.1 Å². The molecule has 0 radical (unpaired) electrons. The zero-order valence-electron chi connectivity index (χ0n) is 12.4. The van der Waals surface area contributed by atoms with E-state index in [1.165, 1.54) is 24.3 Å². The summed E-state index contributed by atoms with van der Waals surface area (Å²) in [6, 6.07) is 8.52. The highest BCUT2D eigenvalue weighted by atomic mass is 19.2. The van der Waals surface area contributed by atoms with Crippen molar-refractivity contribution in [1.82, 2.24) is 0 Å². The Balaban J connectivity index is 1.73. The molecule has 1 fully saturated rings. The molecule has 124 valence electrons. The van der Waals surface area contributed by atoms with E-state index in [0.29, 0.717) is 12.8 Å². The molecule has 0 aromatic heterocycles. The van der Waals surface area contributed by atoms with Crippen molar-refractivity contribution in [2.24, 2.45) is 5.41 Å². The molecule has 2 N–H and O–H groups in total. The van der Waals surface area contributed by atoms with Gasteiger partial charge in [-0.3, -0.25) is 9.59 Å². The van der Waals surface area contributed by atoms with Gasteiger partial charge in [0.15, 0.2) is 11.6 Å². The Morgan fingerprint density at radius 1 is 0.833 bits per heavy atom. The molecule has 0 atom stereocenters. The standard InChI is InChI=1S/C17H13F3N2O2/c18-11-6-5-10(9-13(11)20)21-15(23)17(7-8-17)16(24)22-14-4-2-1-3-12(14)19/h1-6,9H,7-8H2,(H,21,23)(H,22,24). The van der Waals surface area contributed by atoms with Gasteiger partial charge in [-0.1, -0.05) is 12.1 Å². The number of benzene rings is 2. The topological polar surface area (TPSA) is 58.2 Å². The van der Waals surface area contributed by atoms with E-state index in [1.807, 2.05) is 0 Å². The summed E-state index contributed by atoms with van der Waals surface area (Å²) in [5.74, 6) is -4.02. The fraction of sp³-hybridized carbons (Fsp3) is 0.176. The van der Waals surface area contributed by atoms with Crippen LogP contribution in [-0.2, 0) is 9.59 Å². The lowest BCUT2D eigenvalue weighted by molar-refractivity contribution is -0.131. The number of hydrogen-bond donors (Lipinski definition) is 2. The Kier molecular flexibility index (Phi) is 4.01. The van der Waals surface area contributed by atoms with Crippen LogP contribution in [0.4, 0.5) is 24.5 Å². The summed E-state index contributed by atoms with van der Waals surface area (Å²) in [5, 5.41) is 4.79. The van der Waals surface area contributed by atoms with Crippen LogP contribution in [0.2, 0.25) is 0 Å². The minimum absolute atomic E-state index is 0.0191. The summed E-state index contributed by atoms with van der Waals surface area (Å²) >= 11 is 0. The first-order valence-corrected chi connectivity index (χ1v) is 7.25. The SMILES string of the molecule is O=C(Nc1ccc(F)c(F)c1)C1(C(=O)Nc2ccccc2F)CC1. The molecule has 2 aromatic carbocycles. The molecule has 1 aliphatic carbocycles. The van der Waals surface area contributed by atoms with Gasteiger partial charge in [0.05, 0.1) is 5.69 Å². The third-order valence-electron chi connectivity index (χ3n) is 3.92. The van der Waals surface area contributed by atoms with E-state index in [1.54, 1.807) is 6.07 Å². The first-order chi connectivity index (χ1) is 11.4. The van der Waals surface area contributed by atoms with E-state index in [0.717, 1.165) is 12.1 Å². The van der Waals surface area contributed by atoms with Crippen LogP contribution in [-0.4, -0.2) is 11.8 Å². The van der Waals surface area contributed by atoms with Crippen molar-refractivity contribution < 1.29 is 22.8 Å².